The summed E-state index contributed by atoms with van der Waals surface area (Å²) in [6.07, 6.45) is 3.36. The van der Waals surface area contributed by atoms with E-state index in [1.54, 1.807) is 19.1 Å². The van der Waals surface area contributed by atoms with Crippen molar-refractivity contribution >= 4 is 0 Å². The van der Waals surface area contributed by atoms with Gasteiger partial charge in [-0.25, -0.2) is 0 Å². The molecule has 0 amide bonds. The summed E-state index contributed by atoms with van der Waals surface area (Å²) in [5.74, 6) is -0.0359. The smallest absolute Gasteiger partial charge is 0.0773 e. The highest BCUT2D eigenvalue weighted by molar-refractivity contribution is 4.90. The van der Waals surface area contributed by atoms with Crippen molar-refractivity contribution in [2.45, 2.75) is 39.4 Å². The fourth-order valence-electron chi connectivity index (χ4n) is 1.21. The van der Waals surface area contributed by atoms with Crippen molar-refractivity contribution in [2.24, 2.45) is 5.92 Å². The number of aliphatic hydroxyl groups excluding tert-OH is 2. The van der Waals surface area contributed by atoms with Crippen LogP contribution in [0.1, 0.15) is 27.2 Å². The van der Waals surface area contributed by atoms with Gasteiger partial charge in [-0.1, -0.05) is 19.1 Å². The first-order valence-electron chi connectivity index (χ1n) is 4.12. The third-order valence-corrected chi connectivity index (χ3v) is 1.92. The Morgan fingerprint density at radius 3 is 2.18 bits per heavy atom. The van der Waals surface area contributed by atoms with Crippen LogP contribution >= 0.6 is 0 Å². The van der Waals surface area contributed by atoms with Crippen molar-refractivity contribution in [1.82, 2.24) is 0 Å². The van der Waals surface area contributed by atoms with E-state index in [1.807, 2.05) is 13.8 Å². The summed E-state index contributed by atoms with van der Waals surface area (Å²) in [5.41, 5.74) is 0. The third kappa shape index (κ3) is 3.54. The van der Waals surface area contributed by atoms with Gasteiger partial charge in [0.1, 0.15) is 0 Å². The molecule has 0 rings (SSSR count). The lowest BCUT2D eigenvalue weighted by molar-refractivity contribution is 0.0441. The van der Waals surface area contributed by atoms with Crippen LogP contribution in [0.25, 0.3) is 0 Å². The molecule has 2 nitrogen and oxygen atoms in total. The molecular weight excluding hydrogens is 140 g/mol. The number of hydrogen-bond donors (Lipinski definition) is 2. The number of hydrogen-bond acceptors (Lipinski definition) is 2. The molecule has 0 saturated carbocycles. The van der Waals surface area contributed by atoms with E-state index < -0.39 is 12.2 Å². The van der Waals surface area contributed by atoms with Crippen LogP contribution in [0.2, 0.25) is 0 Å². The zero-order valence-corrected chi connectivity index (χ0v) is 7.49. The molecule has 0 heterocycles. The van der Waals surface area contributed by atoms with E-state index in [0.29, 0.717) is 0 Å². The van der Waals surface area contributed by atoms with E-state index in [1.165, 1.54) is 0 Å². The Kier molecular flexibility index (Phi) is 5.16. The second kappa shape index (κ2) is 5.33. The van der Waals surface area contributed by atoms with Crippen molar-refractivity contribution < 1.29 is 10.2 Å². The van der Waals surface area contributed by atoms with Crippen molar-refractivity contribution in [3.63, 3.8) is 0 Å². The van der Waals surface area contributed by atoms with Gasteiger partial charge in [-0.15, -0.1) is 0 Å². The van der Waals surface area contributed by atoms with Gasteiger partial charge in [0, 0.05) is 5.92 Å². The van der Waals surface area contributed by atoms with Crippen LogP contribution in [0.5, 0.6) is 0 Å². The first kappa shape index (κ1) is 10.7. The molecule has 3 unspecified atom stereocenters. The van der Waals surface area contributed by atoms with Crippen LogP contribution < -0.4 is 0 Å². The van der Waals surface area contributed by atoms with Crippen LogP contribution in [0.4, 0.5) is 0 Å². The summed E-state index contributed by atoms with van der Waals surface area (Å²) >= 11 is 0. The SMILES string of the molecule is C/C=C/C(O)C(CC)C(C)O. The first-order valence-corrected chi connectivity index (χ1v) is 4.12. The number of allylic oxidation sites excluding steroid dienone is 1. The van der Waals surface area contributed by atoms with E-state index >= 15 is 0 Å². The van der Waals surface area contributed by atoms with Gasteiger partial charge in [-0.2, -0.15) is 0 Å². The summed E-state index contributed by atoms with van der Waals surface area (Å²) < 4.78 is 0. The van der Waals surface area contributed by atoms with Crippen LogP contribution in [0.3, 0.4) is 0 Å². The van der Waals surface area contributed by atoms with E-state index in [9.17, 15) is 10.2 Å². The minimum Gasteiger partial charge on any atom is -0.393 e. The molecule has 0 aromatic carbocycles. The summed E-state index contributed by atoms with van der Waals surface area (Å²) in [6, 6.07) is 0. The van der Waals surface area contributed by atoms with Crippen molar-refractivity contribution in [1.29, 1.82) is 0 Å². The molecule has 0 aliphatic carbocycles. The molecule has 0 saturated heterocycles. The third-order valence-electron chi connectivity index (χ3n) is 1.92. The van der Waals surface area contributed by atoms with E-state index in [0.717, 1.165) is 6.42 Å². The van der Waals surface area contributed by atoms with Crippen LogP contribution in [-0.2, 0) is 0 Å². The minimum absolute atomic E-state index is 0.0359. The minimum atomic E-state index is -0.509. The van der Waals surface area contributed by atoms with Crippen LogP contribution in [0.15, 0.2) is 12.2 Å². The molecule has 0 radical (unpaired) electrons. The summed E-state index contributed by atoms with van der Waals surface area (Å²) in [5, 5.41) is 18.6. The maximum atomic E-state index is 9.43. The fraction of sp³-hybridized carbons (Fsp3) is 0.778. The molecule has 11 heavy (non-hydrogen) atoms. The molecule has 0 aromatic heterocycles. The molecule has 2 N–H and O–H groups in total. The first-order chi connectivity index (χ1) is 5.13. The zero-order chi connectivity index (χ0) is 8.85. The van der Waals surface area contributed by atoms with Gasteiger partial charge >= 0.3 is 0 Å². The molecule has 3 atom stereocenters. The van der Waals surface area contributed by atoms with Crippen LogP contribution in [-0.4, -0.2) is 22.4 Å². The highest BCUT2D eigenvalue weighted by atomic mass is 16.3. The van der Waals surface area contributed by atoms with E-state index in [-0.39, 0.29) is 5.92 Å². The predicted molar refractivity (Wildman–Crippen MR) is 46.3 cm³/mol. The summed E-state index contributed by atoms with van der Waals surface area (Å²) in [6.45, 7) is 5.53. The molecule has 0 fully saturated rings. The van der Waals surface area contributed by atoms with E-state index in [4.69, 9.17) is 0 Å². The quantitative estimate of drug-likeness (QED) is 0.606. The summed E-state index contributed by atoms with van der Waals surface area (Å²) in [7, 11) is 0. The monoisotopic (exact) mass is 158 g/mol. The lowest BCUT2D eigenvalue weighted by Gasteiger charge is -2.21. The largest absolute Gasteiger partial charge is 0.393 e. The lowest BCUT2D eigenvalue weighted by atomic mass is 9.94. The topological polar surface area (TPSA) is 40.5 Å². The van der Waals surface area contributed by atoms with E-state index in [2.05, 4.69) is 0 Å². The molecule has 0 spiro atoms. The zero-order valence-electron chi connectivity index (χ0n) is 7.49. The second-order valence-corrected chi connectivity index (χ2v) is 2.83. The molecule has 66 valence electrons. The Morgan fingerprint density at radius 2 is 1.91 bits per heavy atom. The molecule has 2 heteroatoms. The average molecular weight is 158 g/mol. The van der Waals surface area contributed by atoms with Gasteiger partial charge in [0.15, 0.2) is 0 Å². The normalized spacial score (nSPS) is 20.1. The molecule has 0 bridgehead atoms. The molecule has 0 aromatic rings. The summed E-state index contributed by atoms with van der Waals surface area (Å²) in [4.78, 5) is 0. The fourth-order valence-corrected chi connectivity index (χ4v) is 1.21. The van der Waals surface area contributed by atoms with Gasteiger partial charge < -0.3 is 10.2 Å². The standard InChI is InChI=1S/C9H18O2/c1-4-6-9(11)8(5-2)7(3)10/h4,6-11H,5H2,1-3H3/b6-4+. The van der Waals surface area contributed by atoms with Gasteiger partial charge in [0.2, 0.25) is 0 Å². The van der Waals surface area contributed by atoms with Gasteiger partial charge in [0.25, 0.3) is 0 Å². The Balaban J connectivity index is 4.02. The lowest BCUT2D eigenvalue weighted by Crippen LogP contribution is -2.27. The van der Waals surface area contributed by atoms with Crippen molar-refractivity contribution in [3.05, 3.63) is 12.2 Å². The second-order valence-electron chi connectivity index (χ2n) is 2.83. The van der Waals surface area contributed by atoms with Gasteiger partial charge in [0.05, 0.1) is 12.2 Å². The van der Waals surface area contributed by atoms with Gasteiger partial charge in [-0.05, 0) is 20.3 Å². The molecule has 0 aliphatic rings. The predicted octanol–water partition coefficient (Wildman–Crippen LogP) is 1.33. The highest BCUT2D eigenvalue weighted by Gasteiger charge is 2.19. The Morgan fingerprint density at radius 1 is 1.36 bits per heavy atom. The maximum absolute atomic E-state index is 9.43. The highest BCUT2D eigenvalue weighted by Crippen LogP contribution is 2.14. The number of aliphatic hydroxyl groups is 2. The van der Waals surface area contributed by atoms with Crippen molar-refractivity contribution in [3.8, 4) is 0 Å². The maximum Gasteiger partial charge on any atom is 0.0773 e. The number of rotatable bonds is 4. The Bertz CT molecular complexity index is 119. The van der Waals surface area contributed by atoms with Crippen LogP contribution in [0, 0.1) is 5.92 Å². The van der Waals surface area contributed by atoms with Gasteiger partial charge in [-0.3, -0.25) is 0 Å². The van der Waals surface area contributed by atoms with Crippen molar-refractivity contribution in [2.75, 3.05) is 0 Å². The average Bonchev–Trinajstić information content (AvgIpc) is 1.88. The molecular formula is C9H18O2. The molecule has 0 aliphatic heterocycles. The Labute approximate surface area is 68.6 Å². The Hall–Kier alpha value is -0.340.